The Morgan fingerprint density at radius 1 is 1.36 bits per heavy atom. The van der Waals surface area contributed by atoms with Gasteiger partial charge in [-0.15, -0.1) is 0 Å². The van der Waals surface area contributed by atoms with Gasteiger partial charge in [0.15, 0.2) is 6.10 Å². The smallest absolute Gasteiger partial charge is 0.261 e. The lowest BCUT2D eigenvalue weighted by Gasteiger charge is -2.15. The summed E-state index contributed by atoms with van der Waals surface area (Å²) in [5, 5.41) is 7.47. The molecule has 0 bridgehead atoms. The maximum atomic E-state index is 12.2. The van der Waals surface area contributed by atoms with E-state index in [2.05, 4.69) is 10.4 Å². The van der Waals surface area contributed by atoms with E-state index in [1.54, 1.807) is 6.92 Å². The Bertz CT molecular complexity index is 664. The number of nitrogens with one attached hydrogen (secondary N) is 1. The number of amides is 1. The average molecular weight is 299 g/mol. The van der Waals surface area contributed by atoms with Gasteiger partial charge in [-0.25, -0.2) is 0 Å². The molecule has 1 aromatic carbocycles. The molecule has 5 heteroatoms. The molecule has 0 spiro atoms. The van der Waals surface area contributed by atoms with Crippen LogP contribution in [0.25, 0.3) is 0 Å². The molecule has 1 N–H and O–H groups in total. The van der Waals surface area contributed by atoms with Crippen LogP contribution in [0.4, 0.5) is 0 Å². The third-order valence-corrected chi connectivity index (χ3v) is 4.05. The molecule has 0 aliphatic heterocycles. The number of nitrogens with zero attached hydrogens (tertiary/aromatic N) is 2. The van der Waals surface area contributed by atoms with Crippen LogP contribution in [0.5, 0.6) is 5.75 Å². The van der Waals surface area contributed by atoms with Crippen molar-refractivity contribution in [3.8, 4) is 5.75 Å². The molecule has 1 aliphatic rings. The molecule has 1 aliphatic carbocycles. The van der Waals surface area contributed by atoms with E-state index in [1.807, 2.05) is 42.1 Å². The Balaban J connectivity index is 1.58. The minimum absolute atomic E-state index is 0.114. The van der Waals surface area contributed by atoms with Crippen molar-refractivity contribution in [1.82, 2.24) is 15.1 Å². The van der Waals surface area contributed by atoms with Crippen molar-refractivity contribution < 1.29 is 9.53 Å². The number of aromatic nitrogens is 2. The molecular weight excluding hydrogens is 278 g/mol. The Morgan fingerprint density at radius 2 is 2.14 bits per heavy atom. The summed E-state index contributed by atoms with van der Waals surface area (Å²) >= 11 is 0. The molecule has 0 saturated heterocycles. The predicted octanol–water partition coefficient (Wildman–Crippen LogP) is 1.99. The van der Waals surface area contributed by atoms with Gasteiger partial charge in [-0.3, -0.25) is 9.48 Å². The Labute approximate surface area is 130 Å². The highest BCUT2D eigenvalue weighted by Gasteiger charge is 2.22. The van der Waals surface area contributed by atoms with Crippen LogP contribution in [0.15, 0.2) is 30.3 Å². The van der Waals surface area contributed by atoms with Crippen molar-refractivity contribution in [2.45, 2.75) is 38.8 Å². The summed E-state index contributed by atoms with van der Waals surface area (Å²) < 4.78 is 7.52. The van der Waals surface area contributed by atoms with Gasteiger partial charge in [0, 0.05) is 7.05 Å². The number of carbonyl (C=O) groups excluding carboxylic acids is 1. The maximum Gasteiger partial charge on any atom is 0.261 e. The molecular formula is C17H21N3O2. The summed E-state index contributed by atoms with van der Waals surface area (Å²) in [4.78, 5) is 12.2. The summed E-state index contributed by atoms with van der Waals surface area (Å²) in [6, 6.07) is 9.38. The van der Waals surface area contributed by atoms with Crippen molar-refractivity contribution in [1.29, 1.82) is 0 Å². The van der Waals surface area contributed by atoms with E-state index in [0.717, 1.165) is 25.0 Å². The fraction of sp³-hybridized carbons (Fsp3) is 0.412. The number of aryl methyl sites for hydroxylation is 2. The van der Waals surface area contributed by atoms with E-state index < -0.39 is 6.10 Å². The average Bonchev–Trinajstić information content (AvgIpc) is 3.06. The van der Waals surface area contributed by atoms with Gasteiger partial charge in [0.25, 0.3) is 5.91 Å². The van der Waals surface area contributed by atoms with Crippen LogP contribution >= 0.6 is 0 Å². The second-order valence-corrected chi connectivity index (χ2v) is 5.64. The van der Waals surface area contributed by atoms with E-state index in [0.29, 0.717) is 12.3 Å². The molecule has 0 saturated carbocycles. The zero-order valence-electron chi connectivity index (χ0n) is 13.0. The first-order valence-electron chi connectivity index (χ1n) is 7.68. The lowest BCUT2D eigenvalue weighted by atomic mass is 10.2. The fourth-order valence-electron chi connectivity index (χ4n) is 2.88. The second kappa shape index (κ2) is 6.22. The molecule has 116 valence electrons. The lowest BCUT2D eigenvalue weighted by Crippen LogP contribution is -2.36. The number of hydrogen-bond acceptors (Lipinski definition) is 3. The topological polar surface area (TPSA) is 56.1 Å². The first-order valence-corrected chi connectivity index (χ1v) is 7.68. The van der Waals surface area contributed by atoms with Gasteiger partial charge in [-0.05, 0) is 43.9 Å². The van der Waals surface area contributed by atoms with Crippen molar-refractivity contribution in [2.24, 2.45) is 7.05 Å². The number of fused-ring (bicyclic) bond motifs is 1. The summed E-state index contributed by atoms with van der Waals surface area (Å²) in [7, 11) is 1.93. The van der Waals surface area contributed by atoms with Crippen LogP contribution in [0.2, 0.25) is 0 Å². The van der Waals surface area contributed by atoms with Crippen LogP contribution in [0.3, 0.4) is 0 Å². The molecule has 1 atom stereocenters. The van der Waals surface area contributed by atoms with Crippen molar-refractivity contribution in [2.75, 3.05) is 0 Å². The molecule has 2 aromatic rings. The minimum atomic E-state index is -0.524. The molecule has 1 aromatic heterocycles. The Hall–Kier alpha value is -2.30. The SMILES string of the molecule is CC(Oc1ccccc1)C(=O)NCc1c2c(nn1C)CCC2. The van der Waals surface area contributed by atoms with Gasteiger partial charge in [-0.2, -0.15) is 5.10 Å². The van der Waals surface area contributed by atoms with E-state index in [4.69, 9.17) is 4.74 Å². The fourth-order valence-corrected chi connectivity index (χ4v) is 2.88. The Kier molecular flexibility index (Phi) is 4.13. The molecule has 1 amide bonds. The maximum absolute atomic E-state index is 12.2. The second-order valence-electron chi connectivity index (χ2n) is 5.64. The monoisotopic (exact) mass is 299 g/mol. The molecule has 5 nitrogen and oxygen atoms in total. The third-order valence-electron chi connectivity index (χ3n) is 4.05. The molecule has 1 unspecified atom stereocenters. The summed E-state index contributed by atoms with van der Waals surface area (Å²) in [6.45, 7) is 2.26. The van der Waals surface area contributed by atoms with Gasteiger partial charge in [0.2, 0.25) is 0 Å². The molecule has 0 radical (unpaired) electrons. The summed E-state index contributed by atoms with van der Waals surface area (Å²) in [6.07, 6.45) is 2.74. The van der Waals surface area contributed by atoms with E-state index in [9.17, 15) is 4.79 Å². The minimum Gasteiger partial charge on any atom is -0.481 e. The quantitative estimate of drug-likeness (QED) is 0.918. The van der Waals surface area contributed by atoms with Gasteiger partial charge < -0.3 is 10.1 Å². The standard InChI is InChI=1S/C17H21N3O2/c1-12(22-13-7-4-3-5-8-13)17(21)18-11-16-14-9-6-10-15(14)19-20(16)2/h3-5,7-8,12H,6,9-11H2,1-2H3,(H,18,21). The highest BCUT2D eigenvalue weighted by molar-refractivity contribution is 5.80. The summed E-state index contributed by atoms with van der Waals surface area (Å²) in [5.74, 6) is 0.586. The largest absolute Gasteiger partial charge is 0.481 e. The number of carbonyl (C=O) groups is 1. The van der Waals surface area contributed by atoms with Crippen molar-refractivity contribution in [3.63, 3.8) is 0 Å². The van der Waals surface area contributed by atoms with Crippen LogP contribution in [-0.2, 0) is 31.2 Å². The zero-order valence-corrected chi connectivity index (χ0v) is 13.0. The number of para-hydroxylation sites is 1. The number of hydrogen-bond donors (Lipinski definition) is 1. The third kappa shape index (κ3) is 2.98. The predicted molar refractivity (Wildman–Crippen MR) is 83.6 cm³/mol. The van der Waals surface area contributed by atoms with Crippen LogP contribution in [-0.4, -0.2) is 21.8 Å². The molecule has 0 fully saturated rings. The number of benzene rings is 1. The lowest BCUT2D eigenvalue weighted by molar-refractivity contribution is -0.127. The highest BCUT2D eigenvalue weighted by atomic mass is 16.5. The van der Waals surface area contributed by atoms with Gasteiger partial charge in [-0.1, -0.05) is 18.2 Å². The van der Waals surface area contributed by atoms with E-state index in [-0.39, 0.29) is 5.91 Å². The highest BCUT2D eigenvalue weighted by Crippen LogP contribution is 2.24. The molecule has 1 heterocycles. The summed E-state index contributed by atoms with van der Waals surface area (Å²) in [5.41, 5.74) is 3.59. The zero-order chi connectivity index (χ0) is 15.5. The van der Waals surface area contributed by atoms with Crippen molar-refractivity contribution in [3.05, 3.63) is 47.3 Å². The Morgan fingerprint density at radius 3 is 2.91 bits per heavy atom. The van der Waals surface area contributed by atoms with E-state index >= 15 is 0 Å². The van der Waals surface area contributed by atoms with Crippen molar-refractivity contribution >= 4 is 5.91 Å². The van der Waals surface area contributed by atoms with Gasteiger partial charge in [0.05, 0.1) is 17.9 Å². The first kappa shape index (κ1) is 14.6. The molecule has 3 rings (SSSR count). The van der Waals surface area contributed by atoms with Crippen LogP contribution < -0.4 is 10.1 Å². The van der Waals surface area contributed by atoms with E-state index in [1.165, 1.54) is 11.3 Å². The van der Waals surface area contributed by atoms with Crippen LogP contribution in [0, 0.1) is 0 Å². The van der Waals surface area contributed by atoms with Gasteiger partial charge >= 0.3 is 0 Å². The number of rotatable bonds is 5. The first-order chi connectivity index (χ1) is 10.6. The normalized spacial score (nSPS) is 14.5. The molecule has 22 heavy (non-hydrogen) atoms. The van der Waals surface area contributed by atoms with Gasteiger partial charge in [0.1, 0.15) is 5.75 Å². The number of ether oxygens (including phenoxy) is 1. The van der Waals surface area contributed by atoms with Crippen LogP contribution in [0.1, 0.15) is 30.3 Å².